The SMILES string of the molecule is CC(N)(c1ccccc1)c1ncccc1F. The molecule has 0 aliphatic rings. The fourth-order valence-corrected chi connectivity index (χ4v) is 1.69. The Balaban J connectivity index is 2.51. The first kappa shape index (κ1) is 10.8. The van der Waals surface area contributed by atoms with Gasteiger partial charge in [0.15, 0.2) is 0 Å². The minimum absolute atomic E-state index is 0.265. The van der Waals surface area contributed by atoms with E-state index in [4.69, 9.17) is 5.73 Å². The van der Waals surface area contributed by atoms with Gasteiger partial charge in [-0.15, -0.1) is 0 Å². The Bertz CT molecular complexity index is 480. The third-order valence-corrected chi connectivity index (χ3v) is 2.62. The van der Waals surface area contributed by atoms with Gasteiger partial charge in [0.25, 0.3) is 0 Å². The van der Waals surface area contributed by atoms with Crippen molar-refractivity contribution in [1.82, 2.24) is 4.98 Å². The van der Waals surface area contributed by atoms with Gasteiger partial charge >= 0.3 is 0 Å². The van der Waals surface area contributed by atoms with Gasteiger partial charge in [-0.1, -0.05) is 30.3 Å². The standard InChI is InChI=1S/C13H13FN2/c1-13(15,10-6-3-2-4-7-10)12-11(14)8-5-9-16-12/h2-9H,15H2,1H3. The predicted molar refractivity (Wildman–Crippen MR) is 61.3 cm³/mol. The van der Waals surface area contributed by atoms with Gasteiger partial charge < -0.3 is 5.73 Å². The average Bonchev–Trinajstić information content (AvgIpc) is 2.30. The zero-order valence-electron chi connectivity index (χ0n) is 9.02. The monoisotopic (exact) mass is 216 g/mol. The van der Waals surface area contributed by atoms with E-state index in [0.29, 0.717) is 0 Å². The van der Waals surface area contributed by atoms with Gasteiger partial charge in [0.2, 0.25) is 0 Å². The third kappa shape index (κ3) is 1.82. The second-order valence-electron chi connectivity index (χ2n) is 3.90. The topological polar surface area (TPSA) is 38.9 Å². The van der Waals surface area contributed by atoms with Gasteiger partial charge in [0.05, 0.1) is 5.54 Å². The van der Waals surface area contributed by atoms with E-state index in [2.05, 4.69) is 4.98 Å². The molecular formula is C13H13FN2. The van der Waals surface area contributed by atoms with E-state index in [-0.39, 0.29) is 11.5 Å². The number of pyridine rings is 1. The van der Waals surface area contributed by atoms with E-state index < -0.39 is 5.54 Å². The van der Waals surface area contributed by atoms with Crippen LogP contribution in [0.5, 0.6) is 0 Å². The molecule has 0 spiro atoms. The van der Waals surface area contributed by atoms with E-state index in [0.717, 1.165) is 5.56 Å². The average molecular weight is 216 g/mol. The van der Waals surface area contributed by atoms with Gasteiger partial charge in [0, 0.05) is 6.20 Å². The highest BCUT2D eigenvalue weighted by Gasteiger charge is 2.27. The highest BCUT2D eigenvalue weighted by Crippen LogP contribution is 2.26. The molecule has 82 valence electrons. The highest BCUT2D eigenvalue weighted by atomic mass is 19.1. The van der Waals surface area contributed by atoms with Crippen molar-refractivity contribution in [2.75, 3.05) is 0 Å². The Labute approximate surface area is 93.9 Å². The van der Waals surface area contributed by atoms with E-state index in [1.165, 1.54) is 6.07 Å². The lowest BCUT2D eigenvalue weighted by atomic mass is 9.89. The molecular weight excluding hydrogens is 203 g/mol. The summed E-state index contributed by atoms with van der Waals surface area (Å²) in [5.74, 6) is -0.378. The Kier molecular flexibility index (Phi) is 2.71. The summed E-state index contributed by atoms with van der Waals surface area (Å²) < 4.78 is 13.6. The molecule has 1 aromatic carbocycles. The van der Waals surface area contributed by atoms with Gasteiger partial charge in [-0.25, -0.2) is 4.39 Å². The smallest absolute Gasteiger partial charge is 0.146 e. The summed E-state index contributed by atoms with van der Waals surface area (Å²) in [6, 6.07) is 12.3. The van der Waals surface area contributed by atoms with Crippen LogP contribution in [0, 0.1) is 5.82 Å². The van der Waals surface area contributed by atoms with Crippen LogP contribution in [0.4, 0.5) is 4.39 Å². The number of nitrogens with zero attached hydrogens (tertiary/aromatic N) is 1. The Morgan fingerprint density at radius 2 is 1.81 bits per heavy atom. The molecule has 16 heavy (non-hydrogen) atoms. The maximum absolute atomic E-state index is 13.6. The zero-order valence-corrected chi connectivity index (χ0v) is 9.02. The second-order valence-corrected chi connectivity index (χ2v) is 3.90. The summed E-state index contributed by atoms with van der Waals surface area (Å²) in [7, 11) is 0. The summed E-state index contributed by atoms with van der Waals surface area (Å²) in [5, 5.41) is 0. The number of hydrogen-bond donors (Lipinski definition) is 1. The quantitative estimate of drug-likeness (QED) is 0.837. The van der Waals surface area contributed by atoms with Crippen molar-refractivity contribution in [2.24, 2.45) is 5.73 Å². The third-order valence-electron chi connectivity index (χ3n) is 2.62. The summed E-state index contributed by atoms with van der Waals surface area (Å²) >= 11 is 0. The Morgan fingerprint density at radius 3 is 2.44 bits per heavy atom. The van der Waals surface area contributed by atoms with Gasteiger partial charge in [-0.2, -0.15) is 0 Å². The molecule has 2 N–H and O–H groups in total. The summed E-state index contributed by atoms with van der Waals surface area (Å²) in [6.45, 7) is 1.76. The molecule has 0 saturated carbocycles. The van der Waals surface area contributed by atoms with Gasteiger partial charge in [-0.05, 0) is 24.6 Å². The first-order valence-corrected chi connectivity index (χ1v) is 5.08. The maximum atomic E-state index is 13.6. The number of aromatic nitrogens is 1. The Morgan fingerprint density at radius 1 is 1.12 bits per heavy atom. The van der Waals surface area contributed by atoms with Crippen molar-refractivity contribution in [3.8, 4) is 0 Å². The molecule has 0 bridgehead atoms. The molecule has 0 amide bonds. The van der Waals surface area contributed by atoms with Crippen molar-refractivity contribution in [3.05, 3.63) is 65.7 Å². The van der Waals surface area contributed by atoms with Crippen LogP contribution in [0.25, 0.3) is 0 Å². The molecule has 1 heterocycles. The van der Waals surface area contributed by atoms with E-state index >= 15 is 0 Å². The zero-order chi connectivity index (χ0) is 11.6. The molecule has 2 rings (SSSR count). The first-order chi connectivity index (χ1) is 7.62. The molecule has 0 fully saturated rings. The molecule has 0 saturated heterocycles. The van der Waals surface area contributed by atoms with Crippen LogP contribution in [0.1, 0.15) is 18.2 Å². The number of hydrogen-bond acceptors (Lipinski definition) is 2. The lowest BCUT2D eigenvalue weighted by Gasteiger charge is -2.24. The maximum Gasteiger partial charge on any atom is 0.146 e. The summed E-state index contributed by atoms with van der Waals surface area (Å²) in [4.78, 5) is 4.03. The van der Waals surface area contributed by atoms with Crippen molar-refractivity contribution in [2.45, 2.75) is 12.5 Å². The highest BCUT2D eigenvalue weighted by molar-refractivity contribution is 5.33. The van der Waals surface area contributed by atoms with Crippen molar-refractivity contribution in [1.29, 1.82) is 0 Å². The fraction of sp³-hybridized carbons (Fsp3) is 0.154. The van der Waals surface area contributed by atoms with Crippen LogP contribution in [0.3, 0.4) is 0 Å². The van der Waals surface area contributed by atoms with Crippen LogP contribution in [0.15, 0.2) is 48.7 Å². The Hall–Kier alpha value is -1.74. The molecule has 2 nitrogen and oxygen atoms in total. The molecule has 0 radical (unpaired) electrons. The lowest BCUT2D eigenvalue weighted by molar-refractivity contribution is 0.511. The van der Waals surface area contributed by atoms with Crippen LogP contribution >= 0.6 is 0 Å². The number of nitrogens with two attached hydrogens (primary N) is 1. The summed E-state index contributed by atoms with van der Waals surface area (Å²) in [5.41, 5.74) is 6.35. The van der Waals surface area contributed by atoms with Crippen molar-refractivity contribution < 1.29 is 4.39 Å². The molecule has 1 atom stereocenters. The molecule has 0 aliphatic heterocycles. The van der Waals surface area contributed by atoms with Crippen LogP contribution in [0.2, 0.25) is 0 Å². The molecule has 1 aromatic heterocycles. The van der Waals surface area contributed by atoms with E-state index in [1.807, 2.05) is 30.3 Å². The van der Waals surface area contributed by atoms with Gasteiger partial charge in [-0.3, -0.25) is 4.98 Å². The van der Waals surface area contributed by atoms with E-state index in [9.17, 15) is 4.39 Å². The van der Waals surface area contributed by atoms with Crippen LogP contribution in [-0.4, -0.2) is 4.98 Å². The fourth-order valence-electron chi connectivity index (χ4n) is 1.69. The number of halogens is 1. The second kappa shape index (κ2) is 4.02. The summed E-state index contributed by atoms with van der Waals surface area (Å²) in [6.07, 6.45) is 1.55. The largest absolute Gasteiger partial charge is 0.317 e. The minimum Gasteiger partial charge on any atom is -0.317 e. The number of benzene rings is 1. The van der Waals surface area contributed by atoms with Gasteiger partial charge in [0.1, 0.15) is 11.5 Å². The number of rotatable bonds is 2. The first-order valence-electron chi connectivity index (χ1n) is 5.08. The lowest BCUT2D eigenvalue weighted by Crippen LogP contribution is -2.36. The van der Waals surface area contributed by atoms with Crippen LogP contribution in [-0.2, 0) is 5.54 Å². The molecule has 0 aliphatic carbocycles. The van der Waals surface area contributed by atoms with E-state index in [1.54, 1.807) is 19.2 Å². The van der Waals surface area contributed by atoms with Crippen molar-refractivity contribution >= 4 is 0 Å². The minimum atomic E-state index is -0.910. The molecule has 2 aromatic rings. The molecule has 3 heteroatoms. The predicted octanol–water partition coefficient (Wildman–Crippen LogP) is 2.44. The molecule has 1 unspecified atom stereocenters. The van der Waals surface area contributed by atoms with Crippen LogP contribution < -0.4 is 5.73 Å². The normalized spacial score (nSPS) is 14.4. The van der Waals surface area contributed by atoms with Crippen molar-refractivity contribution in [3.63, 3.8) is 0 Å².